The Kier molecular flexibility index (Phi) is 12.4. The third kappa shape index (κ3) is 8.25. The number of hydrogen-bond donors (Lipinski definition) is 0. The fourth-order valence-electron chi connectivity index (χ4n) is 3.75. The van der Waals surface area contributed by atoms with Crippen molar-refractivity contribution in [2.45, 2.75) is 41.0 Å². The molecule has 0 nitrogen and oxygen atoms in total. The maximum absolute atomic E-state index is 3.30. The topological polar surface area (TPSA) is 0 Å². The molecule has 0 N–H and O–H groups in total. The summed E-state index contributed by atoms with van der Waals surface area (Å²) >= 11 is 1.51. The summed E-state index contributed by atoms with van der Waals surface area (Å²) in [5.74, 6) is 0. The summed E-state index contributed by atoms with van der Waals surface area (Å²) in [4.78, 5) is 0. The molecule has 0 saturated carbocycles. The molecule has 0 aromatic heterocycles. The first-order valence-electron chi connectivity index (χ1n) is 10.8. The van der Waals surface area contributed by atoms with Crippen molar-refractivity contribution in [3.63, 3.8) is 0 Å². The molecule has 0 aliphatic heterocycles. The predicted molar refractivity (Wildman–Crippen MR) is 131 cm³/mol. The van der Waals surface area contributed by atoms with Gasteiger partial charge in [0.15, 0.2) is 0 Å². The predicted octanol–water partition coefficient (Wildman–Crippen LogP) is 1.48. The largest absolute Gasteiger partial charge is 1.00 e. The third-order valence-electron chi connectivity index (χ3n) is 5.61. The molecular weight excluding hydrogens is 522 g/mol. The summed E-state index contributed by atoms with van der Waals surface area (Å²) in [7, 11) is 0. The Morgan fingerprint density at radius 2 is 1.48 bits per heavy atom. The Bertz CT molecular complexity index is 1110. The molecule has 3 heteroatoms. The van der Waals surface area contributed by atoms with Gasteiger partial charge in [-0.1, -0.05) is 56.2 Å². The third-order valence-corrected chi connectivity index (χ3v) is 6.32. The van der Waals surface area contributed by atoms with E-state index in [0.717, 1.165) is 6.42 Å². The van der Waals surface area contributed by atoms with Gasteiger partial charge in [-0.2, -0.15) is 52.6 Å². The minimum Gasteiger partial charge on any atom is -1.00 e. The summed E-state index contributed by atoms with van der Waals surface area (Å²) in [6, 6.07) is 31.2. The van der Waals surface area contributed by atoms with Gasteiger partial charge in [-0.15, -0.1) is 5.56 Å². The molecule has 0 fully saturated rings. The normalized spacial score (nSPS) is 10.2. The van der Waals surface area contributed by atoms with Gasteiger partial charge in [0.05, 0.1) is 0 Å². The van der Waals surface area contributed by atoms with Gasteiger partial charge in [-0.05, 0) is 6.42 Å². The zero-order chi connectivity index (χ0) is 22.4. The van der Waals surface area contributed by atoms with Crippen LogP contribution in [0, 0.1) is 33.8 Å². The summed E-state index contributed by atoms with van der Waals surface area (Å²) in [6.45, 7) is 10.7. The summed E-state index contributed by atoms with van der Waals surface area (Å²) in [5, 5.41) is 0. The molecule has 0 spiro atoms. The van der Waals surface area contributed by atoms with Crippen LogP contribution in [-0.4, -0.2) is 3.21 Å². The molecule has 0 bridgehead atoms. The first-order chi connectivity index (χ1) is 14.8. The van der Waals surface area contributed by atoms with Gasteiger partial charge in [0, 0.05) is 0 Å². The molecule has 5 rings (SSSR count). The van der Waals surface area contributed by atoms with E-state index in [9.17, 15) is 0 Å². The molecule has 4 aromatic carbocycles. The molecular formula is C30H30Cl2Zr-2. The van der Waals surface area contributed by atoms with Gasteiger partial charge in [0.25, 0.3) is 0 Å². The number of halogens is 2. The van der Waals surface area contributed by atoms with Gasteiger partial charge < -0.3 is 24.8 Å². The van der Waals surface area contributed by atoms with Crippen LogP contribution >= 0.6 is 0 Å². The van der Waals surface area contributed by atoms with Crippen molar-refractivity contribution in [2.75, 3.05) is 0 Å². The fraction of sp³-hybridized carbons (Fsp3) is 0.200. The first kappa shape index (κ1) is 29.4. The molecule has 33 heavy (non-hydrogen) atoms. The summed E-state index contributed by atoms with van der Waals surface area (Å²) in [6.07, 6.45) is 1.05. The SMILES string of the molecule is C[C](=[Zr+2])c1ccc(C)cc1.Cc1cc(C)c(C)[cH-]1.[Cl-].[Cl-].[c-]1cccc2c1Cc1ccccc1-2. The van der Waals surface area contributed by atoms with E-state index in [4.69, 9.17) is 0 Å². The number of benzene rings is 3. The second-order valence-electron chi connectivity index (χ2n) is 8.29. The van der Waals surface area contributed by atoms with Crippen LogP contribution in [0.5, 0.6) is 0 Å². The van der Waals surface area contributed by atoms with Crippen LogP contribution < -0.4 is 24.8 Å². The molecule has 1 aliphatic carbocycles. The zero-order valence-electron chi connectivity index (χ0n) is 20.0. The second kappa shape index (κ2) is 13.9. The van der Waals surface area contributed by atoms with Crippen LogP contribution in [0.25, 0.3) is 11.1 Å². The Balaban J connectivity index is 0.000000248. The Hall–Kier alpha value is -1.66. The van der Waals surface area contributed by atoms with Crippen LogP contribution in [0.15, 0.2) is 78.9 Å². The summed E-state index contributed by atoms with van der Waals surface area (Å²) in [5.41, 5.74) is 12.4. The summed E-state index contributed by atoms with van der Waals surface area (Å²) < 4.78 is 1.46. The Morgan fingerprint density at radius 3 is 2.03 bits per heavy atom. The van der Waals surface area contributed by atoms with E-state index < -0.39 is 0 Å². The van der Waals surface area contributed by atoms with Crippen LogP contribution in [-0.2, 0) is 30.7 Å². The van der Waals surface area contributed by atoms with E-state index in [1.165, 1.54) is 77.5 Å². The van der Waals surface area contributed by atoms with E-state index in [2.05, 4.69) is 113 Å². The van der Waals surface area contributed by atoms with Crippen LogP contribution in [0.1, 0.15) is 45.9 Å². The minimum absolute atomic E-state index is 0. The Labute approximate surface area is 227 Å². The average molecular weight is 553 g/mol. The molecule has 4 aromatic rings. The maximum Gasteiger partial charge on any atom is -0.0253 e. The van der Waals surface area contributed by atoms with E-state index in [-0.39, 0.29) is 24.8 Å². The minimum atomic E-state index is 0. The van der Waals surface area contributed by atoms with Gasteiger partial charge in [-0.3, -0.25) is 0 Å². The molecule has 0 radical (unpaired) electrons. The van der Waals surface area contributed by atoms with Crippen molar-refractivity contribution in [1.82, 2.24) is 0 Å². The van der Waals surface area contributed by atoms with Gasteiger partial charge in [0.2, 0.25) is 0 Å². The van der Waals surface area contributed by atoms with E-state index >= 15 is 0 Å². The van der Waals surface area contributed by atoms with Gasteiger partial charge in [-0.25, -0.2) is 6.07 Å². The number of fused-ring (bicyclic) bond motifs is 3. The number of hydrogen-bond acceptors (Lipinski definition) is 0. The molecule has 170 valence electrons. The fourth-order valence-corrected chi connectivity index (χ4v) is 4.16. The second-order valence-corrected chi connectivity index (χ2v) is 10.1. The average Bonchev–Trinajstić information content (AvgIpc) is 3.27. The van der Waals surface area contributed by atoms with E-state index in [1.807, 2.05) is 6.07 Å². The first-order valence-corrected chi connectivity index (χ1v) is 12.0. The molecule has 0 heterocycles. The van der Waals surface area contributed by atoms with Crippen molar-refractivity contribution in [3.05, 3.63) is 124 Å². The zero-order valence-corrected chi connectivity index (χ0v) is 23.9. The van der Waals surface area contributed by atoms with Crippen molar-refractivity contribution < 1.29 is 49.0 Å². The quantitative estimate of drug-likeness (QED) is 0.277. The molecule has 0 saturated heterocycles. The monoisotopic (exact) mass is 550 g/mol. The number of aryl methyl sites for hydroxylation is 4. The van der Waals surface area contributed by atoms with Gasteiger partial charge in [0.1, 0.15) is 0 Å². The number of rotatable bonds is 1. The standard InChI is InChI=1S/C13H9.C9H10.C8H11.2ClH.Zr/c1-3-7-12-10(5-1)9-11-6-2-4-8-13(11)12;1-3-9-6-4-8(2)5-7-9;1-6-4-7(2)8(3)5-6;;;/h1-5,7-8H,9H2;4-7H,1-2H3;4-5H,1-3H3;2*1H;/q-1;;-1;;;+2/p-2. The van der Waals surface area contributed by atoms with Crippen molar-refractivity contribution in [3.8, 4) is 11.1 Å². The smallest absolute Gasteiger partial charge is 0.0253 e. The van der Waals surface area contributed by atoms with Crippen molar-refractivity contribution in [2.24, 2.45) is 0 Å². The van der Waals surface area contributed by atoms with Crippen LogP contribution in [0.4, 0.5) is 0 Å². The van der Waals surface area contributed by atoms with E-state index in [0.29, 0.717) is 0 Å². The molecule has 0 amide bonds. The maximum atomic E-state index is 3.30. The van der Waals surface area contributed by atoms with E-state index in [1.54, 1.807) is 0 Å². The molecule has 0 atom stereocenters. The van der Waals surface area contributed by atoms with Crippen LogP contribution in [0.3, 0.4) is 0 Å². The Morgan fingerprint density at radius 1 is 0.848 bits per heavy atom. The van der Waals surface area contributed by atoms with Crippen molar-refractivity contribution in [1.29, 1.82) is 0 Å². The van der Waals surface area contributed by atoms with Crippen LogP contribution in [0.2, 0.25) is 0 Å². The molecule has 0 unspecified atom stereocenters. The molecule has 1 aliphatic rings. The van der Waals surface area contributed by atoms with Gasteiger partial charge >= 0.3 is 76.7 Å². The van der Waals surface area contributed by atoms with Crippen molar-refractivity contribution >= 4 is 3.21 Å².